The molecule has 2 nitrogen and oxygen atoms in total. The van der Waals surface area contributed by atoms with E-state index >= 15 is 0 Å². The van der Waals surface area contributed by atoms with Gasteiger partial charge in [0.05, 0.1) is 0 Å². The minimum atomic E-state index is -0.195. The molecule has 0 bridgehead atoms. The van der Waals surface area contributed by atoms with Crippen molar-refractivity contribution in [3.63, 3.8) is 0 Å². The van der Waals surface area contributed by atoms with Gasteiger partial charge in [0.2, 0.25) is 0 Å². The van der Waals surface area contributed by atoms with Crippen molar-refractivity contribution in [2.24, 2.45) is 0 Å². The maximum absolute atomic E-state index is 13.4. The first-order valence-corrected chi connectivity index (χ1v) is 7.76. The number of nitrogens with zero attached hydrogens (tertiary/aromatic N) is 1. The summed E-state index contributed by atoms with van der Waals surface area (Å²) in [7, 11) is 2.01. The van der Waals surface area contributed by atoms with E-state index in [2.05, 4.69) is 38.2 Å². The molecule has 106 valence electrons. The minimum Gasteiger partial charge on any atom is -0.349 e. The van der Waals surface area contributed by atoms with E-state index in [0.29, 0.717) is 12.6 Å². The lowest BCUT2D eigenvalue weighted by Crippen LogP contribution is -2.20. The molecule has 20 heavy (non-hydrogen) atoms. The van der Waals surface area contributed by atoms with Gasteiger partial charge in [-0.1, -0.05) is 15.9 Å². The number of aromatic nitrogens is 1. The van der Waals surface area contributed by atoms with Gasteiger partial charge >= 0.3 is 0 Å². The summed E-state index contributed by atoms with van der Waals surface area (Å²) < 4.78 is 16.4. The smallest absolute Gasteiger partial charge is 0.124 e. The van der Waals surface area contributed by atoms with E-state index < -0.39 is 0 Å². The zero-order chi connectivity index (χ0) is 14.1. The Kier molecular flexibility index (Phi) is 3.94. The highest BCUT2D eigenvalue weighted by atomic mass is 79.9. The van der Waals surface area contributed by atoms with Crippen LogP contribution in [0.2, 0.25) is 0 Å². The predicted molar refractivity (Wildman–Crippen MR) is 82.4 cm³/mol. The fourth-order valence-electron chi connectivity index (χ4n) is 3.05. The van der Waals surface area contributed by atoms with Crippen molar-refractivity contribution in [2.45, 2.75) is 31.8 Å². The van der Waals surface area contributed by atoms with Gasteiger partial charge in [-0.3, -0.25) is 0 Å². The van der Waals surface area contributed by atoms with Crippen LogP contribution in [0.1, 0.15) is 35.6 Å². The second kappa shape index (κ2) is 5.70. The van der Waals surface area contributed by atoms with Crippen LogP contribution in [0.15, 0.2) is 35.1 Å². The zero-order valence-corrected chi connectivity index (χ0v) is 13.1. The summed E-state index contributed by atoms with van der Waals surface area (Å²) in [5.41, 5.74) is 3.80. The number of halogens is 2. The highest BCUT2D eigenvalue weighted by Crippen LogP contribution is 2.30. The first kappa shape index (κ1) is 13.8. The lowest BCUT2D eigenvalue weighted by molar-refractivity contribution is 0.498. The number of aryl methyl sites for hydroxylation is 1. The van der Waals surface area contributed by atoms with Crippen molar-refractivity contribution in [3.8, 4) is 0 Å². The lowest BCUT2D eigenvalue weighted by Gasteiger charge is -2.21. The molecule has 0 radical (unpaired) electrons. The number of hydrogen-bond acceptors (Lipinski definition) is 1. The molecule has 1 aromatic heterocycles. The SMILES string of the molecule is CNC1CCCc2cn(Cc3cc(F)cc(Br)c3)cc21. The van der Waals surface area contributed by atoms with Gasteiger partial charge < -0.3 is 9.88 Å². The largest absolute Gasteiger partial charge is 0.349 e. The Hall–Kier alpha value is -1.13. The molecule has 3 rings (SSSR count). The quantitative estimate of drug-likeness (QED) is 0.895. The standard InChI is InChI=1S/C16H18BrFN2/c1-19-16-4-2-3-12-9-20(10-15(12)16)8-11-5-13(17)7-14(18)6-11/h5-7,9-10,16,19H,2-4,8H2,1H3. The molecule has 1 aromatic carbocycles. The molecule has 1 atom stereocenters. The number of hydrogen-bond donors (Lipinski definition) is 1. The second-order valence-corrected chi connectivity index (χ2v) is 6.34. The van der Waals surface area contributed by atoms with E-state index in [1.807, 2.05) is 13.1 Å². The van der Waals surface area contributed by atoms with Gasteiger partial charge in [0.15, 0.2) is 0 Å². The first-order valence-electron chi connectivity index (χ1n) is 6.96. The van der Waals surface area contributed by atoms with Gasteiger partial charge in [-0.05, 0) is 61.2 Å². The predicted octanol–water partition coefficient (Wildman–Crippen LogP) is 4.03. The van der Waals surface area contributed by atoms with E-state index in [4.69, 9.17) is 0 Å². The topological polar surface area (TPSA) is 17.0 Å². The van der Waals surface area contributed by atoms with Crippen molar-refractivity contribution >= 4 is 15.9 Å². The minimum absolute atomic E-state index is 0.195. The summed E-state index contributed by atoms with van der Waals surface area (Å²) in [6.45, 7) is 0.708. The summed E-state index contributed by atoms with van der Waals surface area (Å²) in [5, 5.41) is 3.37. The molecule has 2 aromatic rings. The molecule has 1 heterocycles. The zero-order valence-electron chi connectivity index (χ0n) is 11.5. The Labute approximate surface area is 127 Å². The molecule has 0 saturated heterocycles. The highest BCUT2D eigenvalue weighted by Gasteiger charge is 2.20. The van der Waals surface area contributed by atoms with Crippen molar-refractivity contribution in [2.75, 3.05) is 7.05 Å². The van der Waals surface area contributed by atoms with Crippen LogP contribution < -0.4 is 5.32 Å². The number of benzene rings is 1. The van der Waals surface area contributed by atoms with E-state index in [1.165, 1.54) is 30.0 Å². The van der Waals surface area contributed by atoms with Crippen LogP contribution in [0.4, 0.5) is 4.39 Å². The molecule has 1 aliphatic rings. The Bertz CT molecular complexity index is 601. The number of rotatable bonds is 3. The van der Waals surface area contributed by atoms with Crippen molar-refractivity contribution in [3.05, 3.63) is 57.6 Å². The monoisotopic (exact) mass is 336 g/mol. The summed E-state index contributed by atoms with van der Waals surface area (Å²) >= 11 is 3.34. The third-order valence-corrected chi connectivity index (χ3v) is 4.41. The molecule has 0 amide bonds. The van der Waals surface area contributed by atoms with Gasteiger partial charge in [0.25, 0.3) is 0 Å². The fraction of sp³-hybridized carbons (Fsp3) is 0.375. The molecule has 0 fully saturated rings. The van der Waals surface area contributed by atoms with Crippen molar-refractivity contribution in [1.29, 1.82) is 0 Å². The Balaban J connectivity index is 1.86. The number of fused-ring (bicyclic) bond motifs is 1. The summed E-state index contributed by atoms with van der Waals surface area (Å²) in [6, 6.07) is 5.51. The Morgan fingerprint density at radius 3 is 2.95 bits per heavy atom. The third-order valence-electron chi connectivity index (χ3n) is 3.95. The lowest BCUT2D eigenvalue weighted by atomic mass is 9.91. The third kappa shape index (κ3) is 2.81. The van der Waals surface area contributed by atoms with Crippen LogP contribution in [0.3, 0.4) is 0 Å². The van der Waals surface area contributed by atoms with Gasteiger partial charge in [0.1, 0.15) is 5.82 Å². The van der Waals surface area contributed by atoms with Crippen LogP contribution in [0, 0.1) is 5.82 Å². The molecule has 1 aliphatic carbocycles. The summed E-state index contributed by atoms with van der Waals surface area (Å²) in [5.74, 6) is -0.195. The van der Waals surface area contributed by atoms with Crippen LogP contribution in [0.5, 0.6) is 0 Å². The Morgan fingerprint density at radius 1 is 1.35 bits per heavy atom. The van der Waals surface area contributed by atoms with Crippen LogP contribution in [-0.2, 0) is 13.0 Å². The molecule has 1 N–H and O–H groups in total. The second-order valence-electron chi connectivity index (χ2n) is 5.42. The summed E-state index contributed by atoms with van der Waals surface area (Å²) in [4.78, 5) is 0. The van der Waals surface area contributed by atoms with E-state index in [0.717, 1.165) is 16.5 Å². The molecule has 0 saturated carbocycles. The molecule has 0 aliphatic heterocycles. The molecule has 0 spiro atoms. The van der Waals surface area contributed by atoms with Crippen LogP contribution >= 0.6 is 15.9 Å². The van der Waals surface area contributed by atoms with Crippen LogP contribution in [-0.4, -0.2) is 11.6 Å². The molecule has 1 unspecified atom stereocenters. The van der Waals surface area contributed by atoms with Gasteiger partial charge in [-0.2, -0.15) is 0 Å². The van der Waals surface area contributed by atoms with Crippen molar-refractivity contribution < 1.29 is 4.39 Å². The molecule has 4 heteroatoms. The van der Waals surface area contributed by atoms with Gasteiger partial charge in [-0.15, -0.1) is 0 Å². The maximum atomic E-state index is 13.4. The number of nitrogens with one attached hydrogen (secondary N) is 1. The van der Waals surface area contributed by atoms with Gasteiger partial charge in [0, 0.05) is 29.5 Å². The fourth-order valence-corrected chi connectivity index (χ4v) is 3.57. The highest BCUT2D eigenvalue weighted by molar-refractivity contribution is 9.10. The van der Waals surface area contributed by atoms with Crippen LogP contribution in [0.25, 0.3) is 0 Å². The van der Waals surface area contributed by atoms with E-state index in [9.17, 15) is 4.39 Å². The average Bonchev–Trinajstić information content (AvgIpc) is 2.79. The first-order chi connectivity index (χ1) is 9.65. The molecular formula is C16H18BrFN2. The van der Waals surface area contributed by atoms with Gasteiger partial charge in [-0.25, -0.2) is 4.39 Å². The normalized spacial score (nSPS) is 18.1. The van der Waals surface area contributed by atoms with Crippen molar-refractivity contribution in [1.82, 2.24) is 9.88 Å². The van der Waals surface area contributed by atoms with E-state index in [-0.39, 0.29) is 5.82 Å². The summed E-state index contributed by atoms with van der Waals surface area (Å²) in [6.07, 6.45) is 7.98. The molecular weight excluding hydrogens is 319 g/mol. The van der Waals surface area contributed by atoms with E-state index in [1.54, 1.807) is 6.07 Å². The Morgan fingerprint density at radius 2 is 2.20 bits per heavy atom. The maximum Gasteiger partial charge on any atom is 0.124 e. The average molecular weight is 337 g/mol.